The van der Waals surface area contributed by atoms with Crippen molar-refractivity contribution in [2.75, 3.05) is 39.0 Å². The summed E-state index contributed by atoms with van der Waals surface area (Å²) in [6.45, 7) is 2.55. The van der Waals surface area contributed by atoms with Gasteiger partial charge < -0.3 is 15.5 Å². The average molecular weight is 261 g/mol. The summed E-state index contributed by atoms with van der Waals surface area (Å²) < 4.78 is 0. The minimum atomic E-state index is -0.0370. The molecule has 0 radical (unpaired) electrons. The molecule has 4 nitrogen and oxygen atoms in total. The number of nitrogens with zero attached hydrogens (tertiary/aromatic N) is 1. The molecule has 1 aliphatic heterocycles. The largest absolute Gasteiger partial charge is 0.384 e. The van der Waals surface area contributed by atoms with Crippen molar-refractivity contribution in [2.45, 2.75) is 18.8 Å². The quantitative estimate of drug-likeness (QED) is 0.765. The Kier molecular flexibility index (Phi) is 4.80. The van der Waals surface area contributed by atoms with Crippen molar-refractivity contribution in [3.8, 4) is 0 Å². The number of fused-ring (bicyclic) bond motifs is 1. The van der Waals surface area contributed by atoms with Gasteiger partial charge in [-0.1, -0.05) is 18.2 Å². The van der Waals surface area contributed by atoms with E-state index in [0.717, 1.165) is 37.2 Å². The van der Waals surface area contributed by atoms with Gasteiger partial charge in [0.05, 0.1) is 5.92 Å². The fraction of sp³-hybridized carbons (Fsp3) is 0.533. The zero-order valence-corrected chi connectivity index (χ0v) is 11.8. The highest BCUT2D eigenvalue weighted by Gasteiger charge is 2.27. The lowest BCUT2D eigenvalue weighted by molar-refractivity contribution is -0.122. The summed E-state index contributed by atoms with van der Waals surface area (Å²) >= 11 is 0. The zero-order valence-electron chi connectivity index (χ0n) is 11.8. The van der Waals surface area contributed by atoms with E-state index in [1.54, 1.807) is 0 Å². The summed E-state index contributed by atoms with van der Waals surface area (Å²) in [5.74, 6) is 0.104. The second kappa shape index (κ2) is 6.57. The number of hydrogen-bond acceptors (Lipinski definition) is 3. The summed E-state index contributed by atoms with van der Waals surface area (Å²) in [5.41, 5.74) is 2.21. The van der Waals surface area contributed by atoms with Gasteiger partial charge in [0.25, 0.3) is 0 Å². The van der Waals surface area contributed by atoms with Crippen LogP contribution in [0.4, 0.5) is 5.69 Å². The second-order valence-electron chi connectivity index (χ2n) is 5.32. The number of hydrogen-bond donors (Lipinski definition) is 2. The Morgan fingerprint density at radius 1 is 1.37 bits per heavy atom. The molecule has 2 rings (SSSR count). The molecule has 1 atom stereocenters. The van der Waals surface area contributed by atoms with Crippen LogP contribution in [-0.2, 0) is 4.79 Å². The first-order chi connectivity index (χ1) is 9.18. The topological polar surface area (TPSA) is 44.4 Å². The van der Waals surface area contributed by atoms with E-state index in [4.69, 9.17) is 0 Å². The molecule has 1 aromatic carbocycles. The number of nitrogens with one attached hydrogen (secondary N) is 2. The third-order valence-electron chi connectivity index (χ3n) is 3.48. The molecule has 1 unspecified atom stereocenters. The van der Waals surface area contributed by atoms with Crippen LogP contribution in [-0.4, -0.2) is 44.5 Å². The van der Waals surface area contributed by atoms with Crippen molar-refractivity contribution in [3.63, 3.8) is 0 Å². The van der Waals surface area contributed by atoms with Crippen molar-refractivity contribution < 1.29 is 4.79 Å². The minimum absolute atomic E-state index is 0.0370. The number of anilines is 1. The Bertz CT molecular complexity index is 431. The van der Waals surface area contributed by atoms with E-state index in [-0.39, 0.29) is 11.8 Å². The monoisotopic (exact) mass is 261 g/mol. The Balaban J connectivity index is 1.76. The second-order valence-corrected chi connectivity index (χ2v) is 5.32. The van der Waals surface area contributed by atoms with Gasteiger partial charge >= 0.3 is 0 Å². The third kappa shape index (κ3) is 3.70. The molecule has 0 saturated heterocycles. The zero-order chi connectivity index (χ0) is 13.7. The molecule has 0 saturated carbocycles. The smallest absolute Gasteiger partial charge is 0.229 e. The molecule has 0 bridgehead atoms. The van der Waals surface area contributed by atoms with Crippen molar-refractivity contribution >= 4 is 11.6 Å². The number of rotatable bonds is 6. The maximum Gasteiger partial charge on any atom is 0.229 e. The van der Waals surface area contributed by atoms with Crippen LogP contribution in [0.15, 0.2) is 24.3 Å². The predicted molar refractivity (Wildman–Crippen MR) is 78.5 cm³/mol. The predicted octanol–water partition coefficient (Wildman–Crippen LogP) is 1.65. The van der Waals surface area contributed by atoms with Gasteiger partial charge in [0.2, 0.25) is 5.91 Å². The van der Waals surface area contributed by atoms with Gasteiger partial charge in [0.1, 0.15) is 0 Å². The first-order valence-electron chi connectivity index (χ1n) is 6.93. The molecule has 1 aliphatic rings. The van der Waals surface area contributed by atoms with Crippen LogP contribution in [0.25, 0.3) is 0 Å². The van der Waals surface area contributed by atoms with Crippen molar-refractivity contribution in [1.82, 2.24) is 10.2 Å². The maximum absolute atomic E-state index is 12.1. The lowest BCUT2D eigenvalue weighted by Crippen LogP contribution is -2.31. The van der Waals surface area contributed by atoms with Crippen LogP contribution >= 0.6 is 0 Å². The number of carbonyl (C=O) groups excluding carboxylic acids is 1. The number of benzene rings is 1. The Hall–Kier alpha value is -1.55. The first kappa shape index (κ1) is 13.9. The fourth-order valence-corrected chi connectivity index (χ4v) is 2.41. The number of amides is 1. The first-order valence-corrected chi connectivity index (χ1v) is 6.93. The average Bonchev–Trinajstić information content (AvgIpc) is 2.81. The normalized spacial score (nSPS) is 17.1. The fourth-order valence-electron chi connectivity index (χ4n) is 2.41. The van der Waals surface area contributed by atoms with E-state index < -0.39 is 0 Å². The lowest BCUT2D eigenvalue weighted by Gasteiger charge is -2.12. The third-order valence-corrected chi connectivity index (χ3v) is 3.48. The summed E-state index contributed by atoms with van der Waals surface area (Å²) in [6.07, 6.45) is 2.15. The minimum Gasteiger partial charge on any atom is -0.384 e. The van der Waals surface area contributed by atoms with Crippen LogP contribution in [0.3, 0.4) is 0 Å². The van der Waals surface area contributed by atoms with Crippen LogP contribution in [0.5, 0.6) is 0 Å². The van der Waals surface area contributed by atoms with Gasteiger partial charge in [0, 0.05) is 18.8 Å². The van der Waals surface area contributed by atoms with Gasteiger partial charge in [-0.2, -0.15) is 0 Å². The number of carbonyl (C=O) groups is 1. The molecule has 0 aromatic heterocycles. The van der Waals surface area contributed by atoms with E-state index in [9.17, 15) is 4.79 Å². The van der Waals surface area contributed by atoms with E-state index >= 15 is 0 Å². The summed E-state index contributed by atoms with van der Waals surface area (Å²) in [6, 6.07) is 8.04. The Morgan fingerprint density at radius 2 is 2.16 bits per heavy atom. The molecule has 4 heteroatoms. The van der Waals surface area contributed by atoms with Crippen molar-refractivity contribution in [1.29, 1.82) is 0 Å². The van der Waals surface area contributed by atoms with Gasteiger partial charge in [-0.05, 0) is 45.1 Å². The van der Waals surface area contributed by atoms with Gasteiger partial charge in [-0.3, -0.25) is 4.79 Å². The molecule has 1 heterocycles. The van der Waals surface area contributed by atoms with E-state index in [2.05, 4.69) is 29.6 Å². The van der Waals surface area contributed by atoms with Gasteiger partial charge in [-0.15, -0.1) is 0 Å². The Morgan fingerprint density at radius 3 is 2.95 bits per heavy atom. The van der Waals surface area contributed by atoms with Gasteiger partial charge in [-0.25, -0.2) is 0 Å². The summed E-state index contributed by atoms with van der Waals surface area (Å²) in [7, 11) is 4.14. The molecule has 1 aromatic rings. The molecule has 0 aliphatic carbocycles. The van der Waals surface area contributed by atoms with Crippen molar-refractivity contribution in [2.24, 2.45) is 0 Å². The van der Waals surface area contributed by atoms with Gasteiger partial charge in [0.15, 0.2) is 0 Å². The Labute approximate surface area is 115 Å². The highest BCUT2D eigenvalue weighted by Crippen LogP contribution is 2.30. The van der Waals surface area contributed by atoms with Crippen molar-refractivity contribution in [3.05, 3.63) is 29.8 Å². The molecule has 1 amide bonds. The maximum atomic E-state index is 12.1. The standard InChI is InChI=1S/C15H23N3O/c1-18(2)10-6-5-9-16-15(19)13-11-17-14-8-4-3-7-12(13)14/h3-4,7-8,13,17H,5-6,9-11H2,1-2H3,(H,16,19). The molecule has 104 valence electrons. The SMILES string of the molecule is CN(C)CCCCNC(=O)C1CNc2ccccc21. The van der Waals surface area contributed by atoms with E-state index in [1.807, 2.05) is 24.3 Å². The molecule has 19 heavy (non-hydrogen) atoms. The highest BCUT2D eigenvalue weighted by molar-refractivity contribution is 5.88. The number of para-hydroxylation sites is 1. The molecule has 0 spiro atoms. The van der Waals surface area contributed by atoms with Crippen LogP contribution in [0, 0.1) is 0 Å². The van der Waals surface area contributed by atoms with E-state index in [1.165, 1.54) is 0 Å². The molecular formula is C15H23N3O. The van der Waals surface area contributed by atoms with E-state index in [0.29, 0.717) is 6.54 Å². The molecular weight excluding hydrogens is 238 g/mol. The summed E-state index contributed by atoms with van der Waals surface area (Å²) in [5, 5.41) is 6.32. The lowest BCUT2D eigenvalue weighted by atomic mass is 10.0. The van der Waals surface area contributed by atoms with Crippen LogP contribution in [0.1, 0.15) is 24.3 Å². The van der Waals surface area contributed by atoms with Crippen LogP contribution in [0.2, 0.25) is 0 Å². The highest BCUT2D eigenvalue weighted by atomic mass is 16.1. The molecule has 2 N–H and O–H groups in total. The summed E-state index contributed by atoms with van der Waals surface area (Å²) in [4.78, 5) is 14.3. The molecule has 0 fully saturated rings. The van der Waals surface area contributed by atoms with Crippen LogP contribution < -0.4 is 10.6 Å². The number of unbranched alkanes of at least 4 members (excludes halogenated alkanes) is 1.